The van der Waals surface area contributed by atoms with Gasteiger partial charge in [-0.3, -0.25) is 0 Å². The van der Waals surface area contributed by atoms with E-state index in [-0.39, 0.29) is 24.6 Å². The Morgan fingerprint density at radius 2 is 2.44 bits per heavy atom. The van der Waals surface area contributed by atoms with E-state index in [1.165, 1.54) is 18.2 Å². The van der Waals surface area contributed by atoms with Crippen LogP contribution in [0.1, 0.15) is 18.5 Å². The summed E-state index contributed by atoms with van der Waals surface area (Å²) in [5, 5.41) is 2.53. The zero-order chi connectivity index (χ0) is 13.1. The molecule has 1 fully saturated rings. The van der Waals surface area contributed by atoms with E-state index >= 15 is 0 Å². The van der Waals surface area contributed by atoms with Crippen LogP contribution in [0.2, 0.25) is 0 Å². The fourth-order valence-corrected chi connectivity index (χ4v) is 1.71. The molecule has 1 heterocycles. The highest BCUT2D eigenvalue weighted by molar-refractivity contribution is 5.69. The van der Waals surface area contributed by atoms with Gasteiger partial charge in [-0.25, -0.2) is 9.18 Å². The Morgan fingerprint density at radius 3 is 3.06 bits per heavy atom. The average molecular weight is 254 g/mol. The molecule has 2 rings (SSSR count). The van der Waals surface area contributed by atoms with Crippen LogP contribution in [-0.2, 0) is 4.74 Å². The number of carbonyl (C=O) groups excluding carboxylic acids is 1. The fraction of sp³-hybridized carbons (Fsp3) is 0.417. The molecule has 1 aromatic rings. The SMILES string of the molecule is CC(N)c1cc(F)ccc1OCC1CNC(=O)O1. The van der Waals surface area contributed by atoms with Crippen LogP contribution in [0.3, 0.4) is 0 Å². The van der Waals surface area contributed by atoms with Crippen LogP contribution in [0.25, 0.3) is 0 Å². The van der Waals surface area contributed by atoms with Gasteiger partial charge in [-0.05, 0) is 25.1 Å². The predicted molar refractivity (Wildman–Crippen MR) is 62.8 cm³/mol. The lowest BCUT2D eigenvalue weighted by atomic mass is 10.1. The van der Waals surface area contributed by atoms with Crippen molar-refractivity contribution in [2.75, 3.05) is 13.2 Å². The van der Waals surface area contributed by atoms with Gasteiger partial charge in [0.1, 0.15) is 18.2 Å². The van der Waals surface area contributed by atoms with Crippen LogP contribution in [0.15, 0.2) is 18.2 Å². The molecule has 2 atom stereocenters. The number of hydrogen-bond donors (Lipinski definition) is 2. The van der Waals surface area contributed by atoms with Crippen LogP contribution in [0.4, 0.5) is 9.18 Å². The van der Waals surface area contributed by atoms with E-state index in [2.05, 4.69) is 5.32 Å². The molecule has 0 aromatic heterocycles. The Morgan fingerprint density at radius 1 is 1.67 bits per heavy atom. The molecule has 18 heavy (non-hydrogen) atoms. The van der Waals surface area contributed by atoms with Gasteiger partial charge in [0.15, 0.2) is 6.10 Å². The Kier molecular flexibility index (Phi) is 3.66. The largest absolute Gasteiger partial charge is 0.489 e. The van der Waals surface area contributed by atoms with E-state index in [1.54, 1.807) is 6.92 Å². The number of nitrogens with two attached hydrogens (primary N) is 1. The third-order valence-electron chi connectivity index (χ3n) is 2.63. The zero-order valence-electron chi connectivity index (χ0n) is 9.98. The van der Waals surface area contributed by atoms with E-state index in [0.717, 1.165) is 0 Å². The van der Waals surface area contributed by atoms with Crippen LogP contribution < -0.4 is 15.8 Å². The van der Waals surface area contributed by atoms with Gasteiger partial charge < -0.3 is 20.5 Å². The van der Waals surface area contributed by atoms with E-state index in [9.17, 15) is 9.18 Å². The number of amides is 1. The molecule has 0 bridgehead atoms. The molecule has 0 aliphatic carbocycles. The number of nitrogens with one attached hydrogen (secondary N) is 1. The number of halogens is 1. The highest BCUT2D eigenvalue weighted by atomic mass is 19.1. The third-order valence-corrected chi connectivity index (χ3v) is 2.63. The van der Waals surface area contributed by atoms with Crippen LogP contribution >= 0.6 is 0 Å². The van der Waals surface area contributed by atoms with Crippen LogP contribution in [-0.4, -0.2) is 25.3 Å². The minimum Gasteiger partial charge on any atom is -0.489 e. The maximum Gasteiger partial charge on any atom is 0.407 e. The Balaban J connectivity index is 2.02. The first-order chi connectivity index (χ1) is 8.56. The highest BCUT2D eigenvalue weighted by Crippen LogP contribution is 2.25. The summed E-state index contributed by atoms with van der Waals surface area (Å²) in [5.74, 6) is 0.151. The molecule has 0 saturated carbocycles. The molecular weight excluding hydrogens is 239 g/mol. The molecule has 1 aliphatic heterocycles. The smallest absolute Gasteiger partial charge is 0.407 e. The summed E-state index contributed by atoms with van der Waals surface area (Å²) in [5.41, 5.74) is 6.33. The maximum atomic E-state index is 13.1. The van der Waals surface area contributed by atoms with Gasteiger partial charge in [-0.15, -0.1) is 0 Å². The number of carbonyl (C=O) groups is 1. The molecule has 3 N–H and O–H groups in total. The normalized spacial score (nSPS) is 20.2. The highest BCUT2D eigenvalue weighted by Gasteiger charge is 2.23. The molecule has 5 nitrogen and oxygen atoms in total. The van der Waals surface area contributed by atoms with Gasteiger partial charge in [0.2, 0.25) is 0 Å². The summed E-state index contributed by atoms with van der Waals surface area (Å²) in [6.45, 7) is 2.37. The van der Waals surface area contributed by atoms with Crippen molar-refractivity contribution in [2.45, 2.75) is 19.1 Å². The first kappa shape index (κ1) is 12.6. The lowest BCUT2D eigenvalue weighted by Crippen LogP contribution is -2.22. The van der Waals surface area contributed by atoms with Crippen molar-refractivity contribution in [3.63, 3.8) is 0 Å². The standard InChI is InChI=1S/C12H15FN2O3/c1-7(14)10-4-8(13)2-3-11(10)17-6-9-5-15-12(16)18-9/h2-4,7,9H,5-6,14H2,1H3,(H,15,16). The van der Waals surface area contributed by atoms with Crippen molar-refractivity contribution in [2.24, 2.45) is 5.73 Å². The molecule has 1 saturated heterocycles. The topological polar surface area (TPSA) is 73.6 Å². The first-order valence-electron chi connectivity index (χ1n) is 5.68. The third kappa shape index (κ3) is 2.89. The molecule has 1 amide bonds. The van der Waals surface area contributed by atoms with Crippen molar-refractivity contribution >= 4 is 6.09 Å². The summed E-state index contributed by atoms with van der Waals surface area (Å²) in [4.78, 5) is 10.8. The van der Waals surface area contributed by atoms with Crippen molar-refractivity contribution in [1.82, 2.24) is 5.32 Å². The molecule has 1 aliphatic rings. The van der Waals surface area contributed by atoms with E-state index in [0.29, 0.717) is 17.9 Å². The second-order valence-corrected chi connectivity index (χ2v) is 4.19. The number of hydrogen-bond acceptors (Lipinski definition) is 4. The summed E-state index contributed by atoms with van der Waals surface area (Å²) in [7, 11) is 0. The van der Waals surface area contributed by atoms with Crippen molar-refractivity contribution in [3.8, 4) is 5.75 Å². The molecular formula is C12H15FN2O3. The Bertz CT molecular complexity index is 451. The first-order valence-corrected chi connectivity index (χ1v) is 5.68. The van der Waals surface area contributed by atoms with Crippen molar-refractivity contribution in [1.29, 1.82) is 0 Å². The zero-order valence-corrected chi connectivity index (χ0v) is 9.98. The van der Waals surface area contributed by atoms with Gasteiger partial charge in [-0.1, -0.05) is 0 Å². The van der Waals surface area contributed by atoms with Gasteiger partial charge in [0.25, 0.3) is 0 Å². The number of rotatable bonds is 4. The van der Waals surface area contributed by atoms with E-state index in [1.807, 2.05) is 0 Å². The lowest BCUT2D eigenvalue weighted by Gasteiger charge is -2.15. The minimum absolute atomic E-state index is 0.212. The van der Waals surface area contributed by atoms with Crippen LogP contribution in [0.5, 0.6) is 5.75 Å². The molecule has 98 valence electrons. The molecule has 6 heteroatoms. The minimum atomic E-state index is -0.449. The number of ether oxygens (including phenoxy) is 2. The quantitative estimate of drug-likeness (QED) is 0.850. The summed E-state index contributed by atoms with van der Waals surface area (Å²) in [6.07, 6.45) is -0.779. The second kappa shape index (κ2) is 5.22. The van der Waals surface area contributed by atoms with Gasteiger partial charge in [-0.2, -0.15) is 0 Å². The Labute approximate surface area is 104 Å². The van der Waals surface area contributed by atoms with Crippen LogP contribution in [0, 0.1) is 5.82 Å². The molecule has 0 spiro atoms. The number of benzene rings is 1. The summed E-state index contributed by atoms with van der Waals surface area (Å²) < 4.78 is 23.6. The monoisotopic (exact) mass is 254 g/mol. The van der Waals surface area contributed by atoms with E-state index < -0.39 is 6.09 Å². The lowest BCUT2D eigenvalue weighted by molar-refractivity contribution is 0.104. The van der Waals surface area contributed by atoms with E-state index in [4.69, 9.17) is 15.2 Å². The summed E-state index contributed by atoms with van der Waals surface area (Å²) in [6, 6.07) is 3.84. The molecule has 0 radical (unpaired) electrons. The van der Waals surface area contributed by atoms with Gasteiger partial charge >= 0.3 is 6.09 Å². The van der Waals surface area contributed by atoms with Crippen molar-refractivity contribution in [3.05, 3.63) is 29.6 Å². The van der Waals surface area contributed by atoms with Gasteiger partial charge in [0, 0.05) is 11.6 Å². The molecule has 2 unspecified atom stereocenters. The average Bonchev–Trinajstić information content (AvgIpc) is 2.73. The van der Waals surface area contributed by atoms with Crippen molar-refractivity contribution < 1.29 is 18.7 Å². The van der Waals surface area contributed by atoms with Gasteiger partial charge in [0.05, 0.1) is 6.54 Å². The number of cyclic esters (lactones) is 1. The second-order valence-electron chi connectivity index (χ2n) is 4.19. The predicted octanol–water partition coefficient (Wildman–Crippen LogP) is 1.33. The fourth-order valence-electron chi connectivity index (χ4n) is 1.71. The summed E-state index contributed by atoms with van der Waals surface area (Å²) >= 11 is 0. The maximum absolute atomic E-state index is 13.1. The number of alkyl carbamates (subject to hydrolysis) is 1. The molecule has 1 aromatic carbocycles. The Hall–Kier alpha value is -1.82.